The molecule has 5 heteroatoms. The molecule has 0 fully saturated rings. The maximum absolute atomic E-state index is 4.05. The summed E-state index contributed by atoms with van der Waals surface area (Å²) >= 11 is 2.76. The van der Waals surface area contributed by atoms with E-state index in [9.17, 15) is 0 Å². The second-order valence-corrected chi connectivity index (χ2v) is 2.61. The number of aromatic amines is 1. The van der Waals surface area contributed by atoms with Gasteiger partial charge in [0, 0.05) is 0 Å². The average molecular weight is 198 g/mol. The number of imidazole rings is 1. The number of H-pyrrole nitrogens is 1. The van der Waals surface area contributed by atoms with Gasteiger partial charge in [-0.15, -0.1) is 0 Å². The van der Waals surface area contributed by atoms with E-state index in [1.54, 1.807) is 6.20 Å². The van der Waals surface area contributed by atoms with Gasteiger partial charge in [-0.05, 0) is 0 Å². The first-order valence-corrected chi connectivity index (χ1v) is 3.54. The monoisotopic (exact) mass is 199 g/mol. The fourth-order valence-electron chi connectivity index (χ4n) is 0.740. The van der Waals surface area contributed by atoms with E-state index >= 15 is 0 Å². The van der Waals surface area contributed by atoms with Crippen LogP contribution < -0.4 is 4.72 Å². The van der Waals surface area contributed by atoms with Crippen LogP contribution in [0, 0.1) is 0 Å². The average Bonchev–Trinajstić information content (AvgIpc) is 2.27. The molecule has 4 nitrogen and oxygen atoms in total. The molecule has 0 aliphatic heterocycles. The first-order valence-electron chi connectivity index (χ1n) is 2.69. The molecule has 2 aromatic heterocycles. The zero-order valence-electron chi connectivity index (χ0n) is 4.90. The molecule has 2 rings (SSSR count). The van der Waals surface area contributed by atoms with Crippen LogP contribution in [0.3, 0.4) is 0 Å². The minimum absolute atomic E-state index is 0.698. The quantitative estimate of drug-likeness (QED) is 0.561. The number of rotatable bonds is 0. The van der Waals surface area contributed by atoms with Crippen molar-refractivity contribution in [2.45, 2.75) is 0 Å². The predicted octanol–water partition coefficient (Wildman–Crippen LogP) is -0.853. The van der Waals surface area contributed by atoms with Crippen LogP contribution >= 0.6 is 0 Å². The van der Waals surface area contributed by atoms with Crippen LogP contribution in [0.4, 0.5) is 0 Å². The molecule has 0 saturated carbocycles. The molecule has 2 aromatic rings. The van der Waals surface area contributed by atoms with Crippen LogP contribution in [0.2, 0.25) is 0 Å². The van der Waals surface area contributed by atoms with E-state index in [0.29, 0.717) is 5.65 Å². The Morgan fingerprint density at radius 3 is 3.20 bits per heavy atom. The Balaban J connectivity index is 2.88. The third-order valence-electron chi connectivity index (χ3n) is 1.14. The summed E-state index contributed by atoms with van der Waals surface area (Å²) in [6.07, 6.45) is 3.17. The molecule has 0 amide bonds. The summed E-state index contributed by atoms with van der Waals surface area (Å²) in [5.41, 5.74) is 1.56. The molecule has 1 radical (unpaired) electrons. The van der Waals surface area contributed by atoms with Crippen LogP contribution in [-0.2, 0) is 0 Å². The molecule has 0 aromatic carbocycles. The molecule has 1 N–H and O–H groups in total. The molecule has 0 atom stereocenters. The van der Waals surface area contributed by atoms with Crippen LogP contribution in [-0.4, -0.2) is 35.9 Å². The van der Waals surface area contributed by atoms with Gasteiger partial charge in [-0.1, -0.05) is 0 Å². The molecule has 0 unspecified atom stereocenters. The van der Waals surface area contributed by atoms with E-state index in [2.05, 4.69) is 35.9 Å². The zero-order chi connectivity index (χ0) is 6.97. The second kappa shape index (κ2) is 2.04. The summed E-state index contributed by atoms with van der Waals surface area (Å²) < 4.78 is 0.746. The summed E-state index contributed by atoms with van der Waals surface area (Å²) in [6, 6.07) is 0. The van der Waals surface area contributed by atoms with Crippen molar-refractivity contribution in [3.63, 3.8) is 0 Å². The van der Waals surface area contributed by atoms with E-state index in [4.69, 9.17) is 0 Å². The van der Waals surface area contributed by atoms with Gasteiger partial charge < -0.3 is 0 Å². The van der Waals surface area contributed by atoms with Crippen LogP contribution in [0.1, 0.15) is 0 Å². The molecule has 0 aliphatic carbocycles. The van der Waals surface area contributed by atoms with Crippen LogP contribution in [0.25, 0.3) is 11.2 Å². The number of hydrogen-bond acceptors (Lipinski definition) is 3. The normalized spacial score (nSPS) is 10.4. The summed E-state index contributed by atoms with van der Waals surface area (Å²) in [5, 5.41) is 0. The van der Waals surface area contributed by atoms with Gasteiger partial charge in [-0.25, -0.2) is 0 Å². The van der Waals surface area contributed by atoms with Gasteiger partial charge in [0.25, 0.3) is 0 Å². The summed E-state index contributed by atoms with van der Waals surface area (Å²) in [7, 11) is 0. The SMILES string of the molecule is [Se]c1nc2ncncc2[nH]1. The number of fused-ring (bicyclic) bond motifs is 1. The first kappa shape index (κ1) is 5.82. The van der Waals surface area contributed by atoms with Crippen molar-refractivity contribution in [1.29, 1.82) is 0 Å². The molecular formula is C5H3N4Se. The molecule has 0 spiro atoms. The van der Waals surface area contributed by atoms with Gasteiger partial charge in [0.1, 0.15) is 0 Å². The standard InChI is InChI=1S/C5H3N4Se/c10-5-8-3-1-6-2-7-4(3)9-5/h1-2H,(H,6,7,8,9). The van der Waals surface area contributed by atoms with Gasteiger partial charge in [-0.3, -0.25) is 0 Å². The minimum atomic E-state index is 0.698. The number of hydrogen-bond donors (Lipinski definition) is 1. The van der Waals surface area contributed by atoms with E-state index in [0.717, 1.165) is 10.2 Å². The van der Waals surface area contributed by atoms with Crippen molar-refractivity contribution < 1.29 is 0 Å². The number of aromatic nitrogens is 4. The van der Waals surface area contributed by atoms with E-state index in [1.807, 2.05) is 0 Å². The molecule has 0 saturated heterocycles. The summed E-state index contributed by atoms with van der Waals surface area (Å²) in [6.45, 7) is 0. The Morgan fingerprint density at radius 2 is 2.40 bits per heavy atom. The van der Waals surface area contributed by atoms with E-state index < -0.39 is 0 Å². The Morgan fingerprint density at radius 1 is 1.50 bits per heavy atom. The van der Waals surface area contributed by atoms with Crippen LogP contribution in [0.5, 0.6) is 0 Å². The van der Waals surface area contributed by atoms with Crippen molar-refractivity contribution in [2.75, 3.05) is 0 Å². The molecule has 2 heterocycles. The molecular weight excluding hydrogens is 195 g/mol. The number of nitrogens with one attached hydrogen (secondary N) is 1. The van der Waals surface area contributed by atoms with Gasteiger partial charge in [-0.2, -0.15) is 0 Å². The molecule has 0 aliphatic rings. The van der Waals surface area contributed by atoms with Gasteiger partial charge in [0.15, 0.2) is 0 Å². The van der Waals surface area contributed by atoms with Crippen molar-refractivity contribution in [1.82, 2.24) is 19.9 Å². The number of nitrogens with zero attached hydrogens (tertiary/aromatic N) is 3. The fraction of sp³-hybridized carbons (Fsp3) is 0. The fourth-order valence-corrected chi connectivity index (χ4v) is 1.15. The third-order valence-corrected chi connectivity index (χ3v) is 1.55. The Hall–Kier alpha value is -0.931. The van der Waals surface area contributed by atoms with Crippen molar-refractivity contribution >= 4 is 31.9 Å². The van der Waals surface area contributed by atoms with E-state index in [-0.39, 0.29) is 0 Å². The summed E-state index contributed by atoms with van der Waals surface area (Å²) in [5.74, 6) is 0. The van der Waals surface area contributed by atoms with Gasteiger partial charge in [0.2, 0.25) is 0 Å². The third kappa shape index (κ3) is 0.798. The zero-order valence-corrected chi connectivity index (χ0v) is 6.62. The summed E-state index contributed by atoms with van der Waals surface area (Å²) in [4.78, 5) is 14.8. The second-order valence-electron chi connectivity index (χ2n) is 1.80. The van der Waals surface area contributed by atoms with Gasteiger partial charge in [0.05, 0.1) is 0 Å². The Kier molecular flexibility index (Phi) is 1.19. The topological polar surface area (TPSA) is 54.5 Å². The molecule has 49 valence electrons. The van der Waals surface area contributed by atoms with Crippen LogP contribution in [0.15, 0.2) is 12.5 Å². The molecule has 0 bridgehead atoms. The Labute approximate surface area is 64.9 Å². The maximum atomic E-state index is 4.05. The van der Waals surface area contributed by atoms with Crippen molar-refractivity contribution in [3.05, 3.63) is 12.5 Å². The van der Waals surface area contributed by atoms with E-state index in [1.165, 1.54) is 6.33 Å². The molecule has 10 heavy (non-hydrogen) atoms. The van der Waals surface area contributed by atoms with Crippen molar-refractivity contribution in [2.24, 2.45) is 0 Å². The van der Waals surface area contributed by atoms with Crippen molar-refractivity contribution in [3.8, 4) is 0 Å². The predicted molar refractivity (Wildman–Crippen MR) is 37.1 cm³/mol. The first-order chi connectivity index (χ1) is 4.86. The Bertz CT molecular complexity index is 322. The van der Waals surface area contributed by atoms with Gasteiger partial charge >= 0.3 is 64.4 Å².